The molecule has 0 aliphatic carbocycles. The van der Waals surface area contributed by atoms with Crippen molar-refractivity contribution in [1.29, 1.82) is 0 Å². The highest BCUT2D eigenvalue weighted by molar-refractivity contribution is 6.10. The molecule has 10 N–H and O–H groups in total. The summed E-state index contributed by atoms with van der Waals surface area (Å²) in [5, 5.41) is 0.149. The summed E-state index contributed by atoms with van der Waals surface area (Å²) in [5.74, 6) is 5.15. The average Bonchev–Trinajstić information content (AvgIpc) is 2.39. The number of anilines is 4. The quantitative estimate of drug-likeness (QED) is 0.269. The summed E-state index contributed by atoms with van der Waals surface area (Å²) >= 11 is 0. The number of methoxy groups -OCH3 is 1. The summed E-state index contributed by atoms with van der Waals surface area (Å²) in [7, 11) is 1.33. The van der Waals surface area contributed by atoms with E-state index >= 15 is 0 Å². The van der Waals surface area contributed by atoms with Gasteiger partial charge in [-0.1, -0.05) is 0 Å². The normalized spacial score (nSPS) is 10.6. The smallest absolute Gasteiger partial charge is 0.361 e. The topological polar surface area (TPSA) is 179 Å². The minimum atomic E-state index is -0.820. The SMILES string of the molecule is COc1c(ON)c(N)c2c(N)c(N)c(=O)oc2c1N. The van der Waals surface area contributed by atoms with Crippen LogP contribution in [0, 0.1) is 0 Å². The lowest BCUT2D eigenvalue weighted by Crippen LogP contribution is -2.14. The van der Waals surface area contributed by atoms with Gasteiger partial charge in [-0.05, 0) is 0 Å². The van der Waals surface area contributed by atoms with Crippen LogP contribution >= 0.6 is 0 Å². The van der Waals surface area contributed by atoms with Crippen LogP contribution in [0.3, 0.4) is 0 Å². The molecule has 0 aliphatic rings. The molecule has 1 aromatic heterocycles. The van der Waals surface area contributed by atoms with E-state index in [1.165, 1.54) is 7.11 Å². The molecule has 0 bridgehead atoms. The molecular weight excluding hydrogens is 254 g/mol. The number of benzene rings is 1. The largest absolute Gasteiger partial charge is 0.491 e. The Balaban J connectivity index is 3.11. The van der Waals surface area contributed by atoms with Gasteiger partial charge in [-0.15, -0.1) is 0 Å². The van der Waals surface area contributed by atoms with E-state index in [0.717, 1.165) is 0 Å². The van der Waals surface area contributed by atoms with Crippen molar-refractivity contribution < 1.29 is 14.0 Å². The lowest BCUT2D eigenvalue weighted by molar-refractivity contribution is 0.309. The van der Waals surface area contributed by atoms with Gasteiger partial charge in [0.05, 0.1) is 23.9 Å². The first-order valence-electron chi connectivity index (χ1n) is 5.07. The van der Waals surface area contributed by atoms with Gasteiger partial charge in [0.1, 0.15) is 11.4 Å². The molecule has 0 unspecified atom stereocenters. The number of ether oxygens (including phenoxy) is 1. The molecule has 2 aromatic rings. The second-order valence-corrected chi connectivity index (χ2v) is 3.73. The van der Waals surface area contributed by atoms with E-state index in [-0.39, 0.29) is 45.2 Å². The van der Waals surface area contributed by atoms with E-state index in [4.69, 9.17) is 38.0 Å². The first-order chi connectivity index (χ1) is 8.93. The number of hydrogen-bond acceptors (Lipinski definition) is 9. The van der Waals surface area contributed by atoms with Crippen molar-refractivity contribution in [3.63, 3.8) is 0 Å². The van der Waals surface area contributed by atoms with Gasteiger partial charge in [0.15, 0.2) is 11.3 Å². The van der Waals surface area contributed by atoms with E-state index < -0.39 is 5.63 Å². The summed E-state index contributed by atoms with van der Waals surface area (Å²) in [6.07, 6.45) is 0. The van der Waals surface area contributed by atoms with Gasteiger partial charge in [-0.3, -0.25) is 0 Å². The molecule has 19 heavy (non-hydrogen) atoms. The fraction of sp³-hybridized carbons (Fsp3) is 0.100. The minimum absolute atomic E-state index is 0.0106. The average molecular weight is 267 g/mol. The van der Waals surface area contributed by atoms with Gasteiger partial charge in [-0.2, -0.15) is 5.90 Å². The van der Waals surface area contributed by atoms with E-state index in [0.29, 0.717) is 0 Å². The Bertz CT molecular complexity index is 724. The zero-order chi connectivity index (χ0) is 14.3. The van der Waals surface area contributed by atoms with Gasteiger partial charge in [-0.25, -0.2) is 4.79 Å². The zero-order valence-electron chi connectivity index (χ0n) is 10.0. The van der Waals surface area contributed by atoms with Crippen molar-refractivity contribution in [3.8, 4) is 11.5 Å². The van der Waals surface area contributed by atoms with Crippen LogP contribution in [0.25, 0.3) is 11.0 Å². The summed E-state index contributed by atoms with van der Waals surface area (Å²) in [4.78, 5) is 16.1. The highest BCUT2D eigenvalue weighted by Crippen LogP contribution is 2.47. The number of nitrogens with two attached hydrogens (primary N) is 5. The minimum Gasteiger partial charge on any atom is -0.491 e. The predicted molar refractivity (Wildman–Crippen MR) is 71.5 cm³/mol. The Kier molecular flexibility index (Phi) is 2.75. The highest BCUT2D eigenvalue weighted by atomic mass is 16.6. The van der Waals surface area contributed by atoms with Gasteiger partial charge in [0.2, 0.25) is 5.75 Å². The van der Waals surface area contributed by atoms with Crippen LogP contribution in [0.1, 0.15) is 0 Å². The van der Waals surface area contributed by atoms with E-state index in [9.17, 15) is 4.79 Å². The molecule has 0 saturated carbocycles. The van der Waals surface area contributed by atoms with Crippen molar-refractivity contribution >= 4 is 33.7 Å². The van der Waals surface area contributed by atoms with Gasteiger partial charge >= 0.3 is 5.63 Å². The number of fused-ring (bicyclic) bond motifs is 1. The maximum atomic E-state index is 11.5. The molecule has 0 atom stereocenters. The Hall–Kier alpha value is -2.81. The van der Waals surface area contributed by atoms with Crippen molar-refractivity contribution in [2.45, 2.75) is 0 Å². The van der Waals surface area contributed by atoms with Crippen molar-refractivity contribution in [2.75, 3.05) is 30.0 Å². The molecule has 0 spiro atoms. The first kappa shape index (κ1) is 12.6. The lowest BCUT2D eigenvalue weighted by atomic mass is 10.1. The van der Waals surface area contributed by atoms with E-state index in [1.54, 1.807) is 0 Å². The van der Waals surface area contributed by atoms with Crippen molar-refractivity contribution in [1.82, 2.24) is 0 Å². The Morgan fingerprint density at radius 3 is 2.11 bits per heavy atom. The van der Waals surface area contributed by atoms with Gasteiger partial charge in [0.25, 0.3) is 0 Å². The van der Waals surface area contributed by atoms with Crippen molar-refractivity contribution in [3.05, 3.63) is 10.4 Å². The lowest BCUT2D eigenvalue weighted by Gasteiger charge is -2.15. The number of nitrogen functional groups attached to an aromatic ring is 4. The maximum Gasteiger partial charge on any atom is 0.361 e. The van der Waals surface area contributed by atoms with Crippen molar-refractivity contribution in [2.24, 2.45) is 5.90 Å². The molecule has 0 aliphatic heterocycles. The molecule has 102 valence electrons. The van der Waals surface area contributed by atoms with E-state index in [1.807, 2.05) is 0 Å². The molecule has 1 heterocycles. The molecule has 0 amide bonds. The summed E-state index contributed by atoms with van der Waals surface area (Å²) < 4.78 is 10.0. The summed E-state index contributed by atoms with van der Waals surface area (Å²) in [5.41, 5.74) is 21.7. The summed E-state index contributed by atoms with van der Waals surface area (Å²) in [6, 6.07) is 0. The zero-order valence-corrected chi connectivity index (χ0v) is 10.0. The fourth-order valence-electron chi connectivity index (χ4n) is 1.80. The third-order valence-electron chi connectivity index (χ3n) is 2.73. The van der Waals surface area contributed by atoms with Gasteiger partial charge in [0, 0.05) is 0 Å². The van der Waals surface area contributed by atoms with Crippen LogP contribution in [0.4, 0.5) is 22.7 Å². The monoisotopic (exact) mass is 267 g/mol. The molecule has 1 aromatic carbocycles. The standard InChI is InChI=1S/C10H13N5O4/c1-17-8-6(14)7-2(4(12)9(8)19-15)3(11)5(13)10(16)18-7/h11-15H2,1H3. The molecule has 2 rings (SSSR count). The third-order valence-corrected chi connectivity index (χ3v) is 2.73. The Labute approximate surface area is 106 Å². The van der Waals surface area contributed by atoms with Crippen LogP contribution < -0.4 is 44.0 Å². The van der Waals surface area contributed by atoms with Crippen LogP contribution in [0.5, 0.6) is 11.5 Å². The molecule has 0 saturated heterocycles. The number of rotatable bonds is 2. The Morgan fingerprint density at radius 2 is 1.58 bits per heavy atom. The van der Waals surface area contributed by atoms with Crippen LogP contribution in [0.2, 0.25) is 0 Å². The van der Waals surface area contributed by atoms with Crippen LogP contribution in [0.15, 0.2) is 9.21 Å². The second-order valence-electron chi connectivity index (χ2n) is 3.73. The van der Waals surface area contributed by atoms with Gasteiger partial charge < -0.3 is 36.9 Å². The molecule has 0 radical (unpaired) electrons. The second kappa shape index (κ2) is 4.14. The highest BCUT2D eigenvalue weighted by Gasteiger charge is 2.23. The molecule has 9 heteroatoms. The fourth-order valence-corrected chi connectivity index (χ4v) is 1.80. The third kappa shape index (κ3) is 1.56. The Morgan fingerprint density at radius 1 is 0.947 bits per heavy atom. The molecule has 0 fully saturated rings. The van der Waals surface area contributed by atoms with E-state index in [2.05, 4.69) is 4.84 Å². The first-order valence-corrected chi connectivity index (χ1v) is 5.07. The van der Waals surface area contributed by atoms with Crippen LogP contribution in [-0.2, 0) is 0 Å². The summed E-state index contributed by atoms with van der Waals surface area (Å²) in [6.45, 7) is 0. The predicted octanol–water partition coefficient (Wildman–Crippen LogP) is -0.617. The molecule has 9 nitrogen and oxygen atoms in total. The molecular formula is C10H13N5O4. The maximum absolute atomic E-state index is 11.5. The van der Waals surface area contributed by atoms with Crippen LogP contribution in [-0.4, -0.2) is 7.11 Å². The number of hydrogen-bond donors (Lipinski definition) is 5.